The summed E-state index contributed by atoms with van der Waals surface area (Å²) in [4.78, 5) is 17.2. The van der Waals surface area contributed by atoms with Crippen LogP contribution in [0.3, 0.4) is 0 Å². The average Bonchev–Trinajstić information content (AvgIpc) is 2.54. The van der Waals surface area contributed by atoms with Crippen molar-refractivity contribution in [2.45, 2.75) is 19.9 Å². The molecule has 1 saturated heterocycles. The first-order valence-corrected chi connectivity index (χ1v) is 7.62. The maximum Gasteiger partial charge on any atom is 0.254 e. The maximum atomic E-state index is 12.8. The summed E-state index contributed by atoms with van der Waals surface area (Å²) >= 11 is 0. The van der Waals surface area contributed by atoms with Gasteiger partial charge in [0.2, 0.25) is 0 Å². The van der Waals surface area contributed by atoms with E-state index in [4.69, 9.17) is 0 Å². The second-order valence-electron chi connectivity index (χ2n) is 5.60. The van der Waals surface area contributed by atoms with Crippen molar-refractivity contribution < 1.29 is 4.79 Å². The highest BCUT2D eigenvalue weighted by atomic mass is 16.2. The van der Waals surface area contributed by atoms with E-state index in [-0.39, 0.29) is 5.91 Å². The molecule has 0 aliphatic carbocycles. The Morgan fingerprint density at radius 3 is 2.80 bits per heavy atom. The molecule has 0 unspecified atom stereocenters. The molecule has 0 spiro atoms. The fourth-order valence-corrected chi connectivity index (χ4v) is 3.17. The average molecular weight is 273 g/mol. The van der Waals surface area contributed by atoms with Crippen LogP contribution in [0.1, 0.15) is 28.4 Å². The van der Waals surface area contributed by atoms with E-state index in [0.717, 1.165) is 57.8 Å². The van der Waals surface area contributed by atoms with Gasteiger partial charge in [-0.3, -0.25) is 4.79 Å². The van der Waals surface area contributed by atoms with Crippen molar-refractivity contribution in [1.82, 2.24) is 15.1 Å². The standard InChI is InChI=1S/C16H23N3O/c1-2-18-8-10-19(11-9-18)16(20)15-5-3-4-13-12-17-7-6-14(13)15/h3-5,17H,2,6-12H2,1H3. The first-order chi connectivity index (χ1) is 9.79. The van der Waals surface area contributed by atoms with Gasteiger partial charge in [-0.2, -0.15) is 0 Å². The molecule has 1 amide bonds. The van der Waals surface area contributed by atoms with Crippen molar-refractivity contribution >= 4 is 5.91 Å². The SMILES string of the molecule is CCN1CCN(C(=O)c2cccc3c2CCNC3)CC1. The molecule has 3 rings (SSSR count). The number of hydrogen-bond acceptors (Lipinski definition) is 3. The lowest BCUT2D eigenvalue weighted by Crippen LogP contribution is -2.48. The van der Waals surface area contributed by atoms with E-state index in [1.165, 1.54) is 11.1 Å². The summed E-state index contributed by atoms with van der Waals surface area (Å²) in [6.45, 7) is 8.83. The molecule has 1 aromatic carbocycles. The number of carbonyl (C=O) groups excluding carboxylic acids is 1. The highest BCUT2D eigenvalue weighted by Gasteiger charge is 2.24. The van der Waals surface area contributed by atoms with Crippen molar-refractivity contribution in [3.05, 3.63) is 34.9 Å². The number of likely N-dealkylation sites (N-methyl/N-ethyl adjacent to an activating group) is 1. The molecular weight excluding hydrogens is 250 g/mol. The van der Waals surface area contributed by atoms with Crippen molar-refractivity contribution in [3.8, 4) is 0 Å². The lowest BCUT2D eigenvalue weighted by Gasteiger charge is -2.34. The smallest absolute Gasteiger partial charge is 0.254 e. The number of nitrogens with zero attached hydrogens (tertiary/aromatic N) is 2. The summed E-state index contributed by atoms with van der Waals surface area (Å²) in [6, 6.07) is 6.15. The number of rotatable bonds is 2. The number of fused-ring (bicyclic) bond motifs is 1. The third-order valence-electron chi connectivity index (χ3n) is 4.48. The second kappa shape index (κ2) is 5.94. The molecule has 0 radical (unpaired) electrons. The van der Waals surface area contributed by atoms with Gasteiger partial charge in [0.25, 0.3) is 5.91 Å². The molecule has 0 saturated carbocycles. The predicted molar refractivity (Wildman–Crippen MR) is 79.9 cm³/mol. The number of nitrogens with one attached hydrogen (secondary N) is 1. The molecule has 20 heavy (non-hydrogen) atoms. The van der Waals surface area contributed by atoms with Gasteiger partial charge in [0, 0.05) is 38.3 Å². The molecule has 1 aromatic rings. The third kappa shape index (κ3) is 2.58. The molecular formula is C16H23N3O. The van der Waals surface area contributed by atoms with Gasteiger partial charge in [-0.1, -0.05) is 19.1 Å². The van der Waals surface area contributed by atoms with Crippen LogP contribution < -0.4 is 5.32 Å². The Bertz CT molecular complexity index is 492. The summed E-state index contributed by atoms with van der Waals surface area (Å²) < 4.78 is 0. The quantitative estimate of drug-likeness (QED) is 0.877. The van der Waals surface area contributed by atoms with Crippen molar-refractivity contribution in [2.24, 2.45) is 0 Å². The summed E-state index contributed by atoms with van der Waals surface area (Å²) in [6.07, 6.45) is 0.964. The van der Waals surface area contributed by atoms with Gasteiger partial charge in [0.05, 0.1) is 0 Å². The Labute approximate surface area is 120 Å². The molecule has 1 N–H and O–H groups in total. The maximum absolute atomic E-state index is 12.8. The van der Waals surface area contributed by atoms with Gasteiger partial charge in [0.1, 0.15) is 0 Å². The van der Waals surface area contributed by atoms with Gasteiger partial charge >= 0.3 is 0 Å². The Balaban J connectivity index is 1.78. The normalized spacial score (nSPS) is 19.8. The first-order valence-electron chi connectivity index (χ1n) is 7.62. The van der Waals surface area contributed by atoms with Crippen LogP contribution in [-0.4, -0.2) is 55.0 Å². The Morgan fingerprint density at radius 2 is 2.05 bits per heavy atom. The zero-order valence-electron chi connectivity index (χ0n) is 12.2. The molecule has 0 aromatic heterocycles. The van der Waals surface area contributed by atoms with Gasteiger partial charge in [0.15, 0.2) is 0 Å². The van der Waals surface area contributed by atoms with Gasteiger partial charge in [-0.05, 0) is 36.7 Å². The zero-order valence-corrected chi connectivity index (χ0v) is 12.2. The van der Waals surface area contributed by atoms with E-state index < -0.39 is 0 Å². The molecule has 0 atom stereocenters. The van der Waals surface area contributed by atoms with Crippen molar-refractivity contribution in [2.75, 3.05) is 39.3 Å². The van der Waals surface area contributed by atoms with Crippen LogP contribution in [0.4, 0.5) is 0 Å². The van der Waals surface area contributed by atoms with Crippen molar-refractivity contribution in [1.29, 1.82) is 0 Å². The molecule has 4 heteroatoms. The summed E-state index contributed by atoms with van der Waals surface area (Å²) in [5.74, 6) is 0.222. The minimum Gasteiger partial charge on any atom is -0.336 e. The van der Waals surface area contributed by atoms with E-state index in [0.29, 0.717) is 0 Å². The molecule has 108 valence electrons. The third-order valence-corrected chi connectivity index (χ3v) is 4.48. The molecule has 1 fully saturated rings. The van der Waals surface area contributed by atoms with Crippen LogP contribution in [-0.2, 0) is 13.0 Å². The largest absolute Gasteiger partial charge is 0.336 e. The number of benzene rings is 1. The van der Waals surface area contributed by atoms with Crippen LogP contribution in [0.2, 0.25) is 0 Å². The monoisotopic (exact) mass is 273 g/mol. The Morgan fingerprint density at radius 1 is 1.25 bits per heavy atom. The fraction of sp³-hybridized carbons (Fsp3) is 0.562. The van der Waals surface area contributed by atoms with E-state index >= 15 is 0 Å². The number of carbonyl (C=O) groups is 1. The number of hydrogen-bond donors (Lipinski definition) is 1. The lowest BCUT2D eigenvalue weighted by atomic mass is 9.94. The summed E-state index contributed by atoms with van der Waals surface area (Å²) in [5.41, 5.74) is 3.47. The lowest BCUT2D eigenvalue weighted by molar-refractivity contribution is 0.0642. The van der Waals surface area contributed by atoms with Gasteiger partial charge in [-0.25, -0.2) is 0 Å². The van der Waals surface area contributed by atoms with Crippen LogP contribution >= 0.6 is 0 Å². The predicted octanol–water partition coefficient (Wildman–Crippen LogP) is 1.11. The fourth-order valence-electron chi connectivity index (χ4n) is 3.17. The van der Waals surface area contributed by atoms with Crippen LogP contribution in [0.5, 0.6) is 0 Å². The molecule has 0 bridgehead atoms. The van der Waals surface area contributed by atoms with Crippen LogP contribution in [0.25, 0.3) is 0 Å². The number of amides is 1. The van der Waals surface area contributed by atoms with Crippen molar-refractivity contribution in [3.63, 3.8) is 0 Å². The van der Waals surface area contributed by atoms with Crippen LogP contribution in [0.15, 0.2) is 18.2 Å². The molecule has 2 aliphatic rings. The zero-order chi connectivity index (χ0) is 13.9. The minimum atomic E-state index is 0.222. The Kier molecular flexibility index (Phi) is 4.03. The van der Waals surface area contributed by atoms with Gasteiger partial charge in [-0.15, -0.1) is 0 Å². The van der Waals surface area contributed by atoms with E-state index in [1.54, 1.807) is 0 Å². The summed E-state index contributed by atoms with van der Waals surface area (Å²) in [5, 5.41) is 3.37. The highest BCUT2D eigenvalue weighted by Crippen LogP contribution is 2.20. The van der Waals surface area contributed by atoms with E-state index in [2.05, 4.69) is 23.2 Å². The van der Waals surface area contributed by atoms with E-state index in [9.17, 15) is 4.79 Å². The highest BCUT2D eigenvalue weighted by molar-refractivity contribution is 5.96. The van der Waals surface area contributed by atoms with E-state index in [1.807, 2.05) is 17.0 Å². The van der Waals surface area contributed by atoms with Gasteiger partial charge < -0.3 is 15.1 Å². The summed E-state index contributed by atoms with van der Waals surface area (Å²) in [7, 11) is 0. The van der Waals surface area contributed by atoms with Crippen LogP contribution in [0, 0.1) is 0 Å². The molecule has 2 aliphatic heterocycles. The molecule has 2 heterocycles. The molecule has 4 nitrogen and oxygen atoms in total. The number of piperazine rings is 1. The first kappa shape index (κ1) is 13.6. The second-order valence-corrected chi connectivity index (χ2v) is 5.60. The Hall–Kier alpha value is -1.39. The topological polar surface area (TPSA) is 35.6 Å². The minimum absolute atomic E-state index is 0.222.